The Morgan fingerprint density at radius 3 is 2.70 bits per heavy atom. The summed E-state index contributed by atoms with van der Waals surface area (Å²) < 4.78 is 42.8. The van der Waals surface area contributed by atoms with Crippen molar-refractivity contribution in [3.63, 3.8) is 0 Å². The molecule has 0 aliphatic carbocycles. The summed E-state index contributed by atoms with van der Waals surface area (Å²) in [5.74, 6) is -0.788. The molecule has 2 heterocycles. The van der Waals surface area contributed by atoms with Crippen molar-refractivity contribution in [2.45, 2.75) is 32.6 Å². The molecule has 1 saturated heterocycles. The van der Waals surface area contributed by atoms with Gasteiger partial charge in [-0.15, -0.1) is 5.10 Å². The fourth-order valence-electron chi connectivity index (χ4n) is 3.37. The first kappa shape index (κ1) is 24.6. The summed E-state index contributed by atoms with van der Waals surface area (Å²) in [6, 6.07) is 4.86. The van der Waals surface area contributed by atoms with Crippen LogP contribution in [0.1, 0.15) is 53.5 Å². The molecular formula is C21H28FN5O5S. The number of nitrogens with zero attached hydrogens (tertiary/aromatic N) is 4. The van der Waals surface area contributed by atoms with Gasteiger partial charge in [0, 0.05) is 18.7 Å². The van der Waals surface area contributed by atoms with Crippen LogP contribution < -0.4 is 10.1 Å². The molecule has 1 fully saturated rings. The van der Waals surface area contributed by atoms with E-state index in [9.17, 15) is 22.4 Å². The first-order valence-corrected chi connectivity index (χ1v) is 12.7. The number of hydrogen-bond acceptors (Lipinski definition) is 7. The molecule has 1 aromatic heterocycles. The number of sulfone groups is 1. The summed E-state index contributed by atoms with van der Waals surface area (Å²) in [5.41, 5.74) is 0.899. The number of carbonyl (C=O) groups is 2. The Morgan fingerprint density at radius 2 is 2.00 bits per heavy atom. The molecule has 1 aliphatic rings. The number of amides is 2. The Balaban J connectivity index is 1.79. The predicted molar refractivity (Wildman–Crippen MR) is 119 cm³/mol. The first-order chi connectivity index (χ1) is 15.8. The van der Waals surface area contributed by atoms with E-state index in [1.165, 1.54) is 15.8 Å². The molecule has 0 atom stereocenters. The Morgan fingerprint density at radius 1 is 1.21 bits per heavy atom. The third-order valence-electron chi connectivity index (χ3n) is 5.12. The SMILES string of the molecule is CCNC(=O)c1ccc(-n2cc(C(=O)N3CCS(=O)(=O)C3)nn2)c(OCCCCCCF)c1. The van der Waals surface area contributed by atoms with Crippen LogP contribution in [0.15, 0.2) is 24.4 Å². The minimum Gasteiger partial charge on any atom is -0.491 e. The summed E-state index contributed by atoms with van der Waals surface area (Å²) >= 11 is 0. The molecule has 2 amide bonds. The van der Waals surface area contributed by atoms with Crippen LogP contribution >= 0.6 is 0 Å². The first-order valence-electron chi connectivity index (χ1n) is 10.9. The lowest BCUT2D eigenvalue weighted by atomic mass is 10.1. The number of unbranched alkanes of at least 4 members (excludes halogenated alkanes) is 3. The van der Waals surface area contributed by atoms with Gasteiger partial charge in [0.05, 0.1) is 25.2 Å². The fourth-order valence-corrected chi connectivity index (χ4v) is 4.72. The second-order valence-electron chi connectivity index (χ2n) is 7.69. The van der Waals surface area contributed by atoms with Crippen molar-refractivity contribution in [1.29, 1.82) is 0 Å². The minimum absolute atomic E-state index is 0.0112. The highest BCUT2D eigenvalue weighted by Gasteiger charge is 2.31. The van der Waals surface area contributed by atoms with Gasteiger partial charge in [0.2, 0.25) is 0 Å². The van der Waals surface area contributed by atoms with Gasteiger partial charge in [-0.1, -0.05) is 11.6 Å². The number of alkyl halides is 1. The van der Waals surface area contributed by atoms with Crippen molar-refractivity contribution in [2.24, 2.45) is 0 Å². The topological polar surface area (TPSA) is 123 Å². The maximum Gasteiger partial charge on any atom is 0.276 e. The predicted octanol–water partition coefficient (Wildman–Crippen LogP) is 1.75. The zero-order valence-electron chi connectivity index (χ0n) is 18.5. The number of rotatable bonds is 11. The zero-order chi connectivity index (χ0) is 23.8. The van der Waals surface area contributed by atoms with Crippen molar-refractivity contribution in [3.05, 3.63) is 35.7 Å². The van der Waals surface area contributed by atoms with Crippen molar-refractivity contribution < 1.29 is 27.1 Å². The van der Waals surface area contributed by atoms with Gasteiger partial charge in [-0.3, -0.25) is 14.0 Å². The Bertz CT molecular complexity index is 1090. The van der Waals surface area contributed by atoms with E-state index < -0.39 is 15.7 Å². The fraction of sp³-hybridized carbons (Fsp3) is 0.524. The van der Waals surface area contributed by atoms with Crippen LogP contribution in [0, 0.1) is 0 Å². The van der Waals surface area contributed by atoms with E-state index in [0.717, 1.165) is 19.3 Å². The lowest BCUT2D eigenvalue weighted by Gasteiger charge is -2.13. The second kappa shape index (κ2) is 11.2. The lowest BCUT2D eigenvalue weighted by molar-refractivity contribution is 0.0795. The van der Waals surface area contributed by atoms with Crippen LogP contribution in [0.5, 0.6) is 5.75 Å². The molecule has 0 unspecified atom stereocenters. The molecule has 3 rings (SSSR count). The standard InChI is InChI=1S/C21H28FN5O5S/c1-2-23-20(28)16-7-8-18(19(13-16)32-11-6-4-3-5-9-22)27-14-17(24-25-27)21(29)26-10-12-33(30,31)15-26/h7-8,13-14H,2-6,9-12,15H2,1H3,(H,23,28). The smallest absolute Gasteiger partial charge is 0.276 e. The molecule has 0 spiro atoms. The van der Waals surface area contributed by atoms with E-state index in [4.69, 9.17) is 4.74 Å². The van der Waals surface area contributed by atoms with Crippen LogP contribution in [0.2, 0.25) is 0 Å². The van der Waals surface area contributed by atoms with E-state index in [0.29, 0.717) is 36.6 Å². The largest absolute Gasteiger partial charge is 0.491 e. The molecule has 0 bridgehead atoms. The van der Waals surface area contributed by atoms with Gasteiger partial charge < -0.3 is 15.0 Å². The van der Waals surface area contributed by atoms with E-state index in [1.54, 1.807) is 18.2 Å². The lowest BCUT2D eigenvalue weighted by Crippen LogP contribution is -2.29. The molecular weight excluding hydrogens is 453 g/mol. The molecule has 12 heteroatoms. The number of ether oxygens (including phenoxy) is 1. The van der Waals surface area contributed by atoms with Gasteiger partial charge in [-0.2, -0.15) is 0 Å². The highest BCUT2D eigenvalue weighted by molar-refractivity contribution is 7.91. The molecule has 10 nitrogen and oxygen atoms in total. The summed E-state index contributed by atoms with van der Waals surface area (Å²) in [4.78, 5) is 26.1. The number of hydrogen-bond donors (Lipinski definition) is 1. The summed E-state index contributed by atoms with van der Waals surface area (Å²) in [5, 5.41) is 10.6. The van der Waals surface area contributed by atoms with E-state index in [-0.39, 0.29) is 36.5 Å². The Hall–Kier alpha value is -3.02. The quantitative estimate of drug-likeness (QED) is 0.485. The molecule has 0 saturated carbocycles. The molecule has 180 valence electrons. The monoisotopic (exact) mass is 481 g/mol. The molecule has 1 N–H and O–H groups in total. The van der Waals surface area contributed by atoms with Crippen molar-refractivity contribution in [1.82, 2.24) is 25.2 Å². The van der Waals surface area contributed by atoms with Gasteiger partial charge in [-0.05, 0) is 44.4 Å². The number of halogens is 1. The van der Waals surface area contributed by atoms with Crippen molar-refractivity contribution in [2.75, 3.05) is 38.0 Å². The maximum absolute atomic E-state index is 12.6. The molecule has 33 heavy (non-hydrogen) atoms. The number of benzene rings is 1. The normalized spacial score (nSPS) is 14.9. The third kappa shape index (κ3) is 6.50. The number of carbonyl (C=O) groups excluding carboxylic acids is 2. The molecule has 1 aliphatic heterocycles. The third-order valence-corrected chi connectivity index (χ3v) is 6.63. The van der Waals surface area contributed by atoms with Crippen molar-refractivity contribution in [3.8, 4) is 11.4 Å². The van der Waals surface area contributed by atoms with Crippen molar-refractivity contribution >= 4 is 21.7 Å². The minimum atomic E-state index is -3.27. The van der Waals surface area contributed by atoms with E-state index >= 15 is 0 Å². The van der Waals surface area contributed by atoms with Crippen LogP contribution in [0.3, 0.4) is 0 Å². The average molecular weight is 482 g/mol. The van der Waals surface area contributed by atoms with Gasteiger partial charge in [0.25, 0.3) is 11.8 Å². The number of aromatic nitrogens is 3. The van der Waals surface area contributed by atoms with Gasteiger partial charge in [0.15, 0.2) is 15.5 Å². The zero-order valence-corrected chi connectivity index (χ0v) is 19.3. The highest BCUT2D eigenvalue weighted by Crippen LogP contribution is 2.25. The highest BCUT2D eigenvalue weighted by atomic mass is 32.2. The van der Waals surface area contributed by atoms with Crippen LogP contribution in [-0.2, 0) is 9.84 Å². The molecule has 1 aromatic carbocycles. The average Bonchev–Trinajstić information content (AvgIpc) is 3.42. The van der Waals surface area contributed by atoms with Gasteiger partial charge in [0.1, 0.15) is 17.3 Å². The number of nitrogens with one attached hydrogen (secondary N) is 1. The second-order valence-corrected chi connectivity index (χ2v) is 9.84. The van der Waals surface area contributed by atoms with Crippen LogP contribution in [0.4, 0.5) is 4.39 Å². The van der Waals surface area contributed by atoms with Gasteiger partial charge >= 0.3 is 0 Å². The van der Waals surface area contributed by atoms with Gasteiger partial charge in [-0.25, -0.2) is 13.1 Å². The maximum atomic E-state index is 12.6. The van der Waals surface area contributed by atoms with E-state index in [1.807, 2.05) is 6.92 Å². The summed E-state index contributed by atoms with van der Waals surface area (Å²) in [6.07, 6.45) is 4.23. The Kier molecular flexibility index (Phi) is 8.37. The van der Waals surface area contributed by atoms with Crippen LogP contribution in [0.25, 0.3) is 5.69 Å². The Labute approximate surface area is 192 Å². The molecule has 0 radical (unpaired) electrons. The summed E-state index contributed by atoms with van der Waals surface area (Å²) in [6.45, 7) is 2.44. The van der Waals surface area contributed by atoms with E-state index in [2.05, 4.69) is 15.6 Å². The molecule has 2 aromatic rings. The van der Waals surface area contributed by atoms with Crippen LogP contribution in [-0.4, -0.2) is 78.1 Å². The summed E-state index contributed by atoms with van der Waals surface area (Å²) in [7, 11) is -3.27.